The van der Waals surface area contributed by atoms with Gasteiger partial charge in [-0.05, 0) is 25.5 Å². The van der Waals surface area contributed by atoms with Crippen molar-refractivity contribution >= 4 is 22.6 Å². The van der Waals surface area contributed by atoms with E-state index in [1.807, 2.05) is 6.07 Å². The quantitative estimate of drug-likeness (QED) is 0.775. The Bertz CT molecular complexity index is 583. The predicted molar refractivity (Wildman–Crippen MR) is 65.2 cm³/mol. The average Bonchev–Trinajstić information content (AvgIpc) is 2.63. The van der Waals surface area contributed by atoms with Crippen LogP contribution in [0.1, 0.15) is 19.8 Å². The van der Waals surface area contributed by atoms with Crippen LogP contribution in [0.5, 0.6) is 0 Å². The summed E-state index contributed by atoms with van der Waals surface area (Å²) in [6, 6.07) is 5.41. The van der Waals surface area contributed by atoms with Crippen LogP contribution >= 0.6 is 0 Å². The monoisotopic (exact) mass is 234 g/mol. The lowest BCUT2D eigenvalue weighted by Crippen LogP contribution is -2.03. The number of carbonyl (C=O) groups is 1. The van der Waals surface area contributed by atoms with Crippen LogP contribution < -0.4 is 11.1 Å². The fourth-order valence-electron chi connectivity index (χ4n) is 1.63. The predicted octanol–water partition coefficient (Wildman–Crippen LogP) is 1.90. The van der Waals surface area contributed by atoms with E-state index in [1.54, 1.807) is 19.1 Å². The van der Waals surface area contributed by atoms with Crippen LogP contribution in [0.15, 0.2) is 27.4 Å². The van der Waals surface area contributed by atoms with Crippen LogP contribution in [0.25, 0.3) is 11.1 Å². The fraction of sp³-hybridized carbons (Fsp3) is 0.333. The molecule has 0 saturated carbocycles. The number of anilines is 1. The number of hydrogen-bond donors (Lipinski definition) is 2. The number of benzene rings is 1. The molecule has 0 aliphatic carbocycles. The molecule has 0 bridgehead atoms. The van der Waals surface area contributed by atoms with Gasteiger partial charge in [0.15, 0.2) is 5.58 Å². The molecule has 0 aliphatic heterocycles. The van der Waals surface area contributed by atoms with Gasteiger partial charge in [0.2, 0.25) is 0 Å². The second-order valence-corrected chi connectivity index (χ2v) is 3.96. The summed E-state index contributed by atoms with van der Waals surface area (Å²) in [4.78, 5) is 24.3. The molecule has 0 unspecified atom stereocenters. The molecule has 1 aromatic carbocycles. The molecular weight excluding hydrogens is 220 g/mol. The average molecular weight is 234 g/mol. The second kappa shape index (κ2) is 4.86. The molecule has 5 nitrogen and oxygen atoms in total. The highest BCUT2D eigenvalue weighted by atomic mass is 16.4. The van der Waals surface area contributed by atoms with Crippen molar-refractivity contribution in [3.63, 3.8) is 0 Å². The number of carbonyl (C=O) groups excluding carboxylic acids is 1. The minimum absolute atomic E-state index is 0.193. The van der Waals surface area contributed by atoms with Crippen LogP contribution in [0.4, 0.5) is 5.69 Å². The normalized spacial score (nSPS) is 10.6. The summed E-state index contributed by atoms with van der Waals surface area (Å²) >= 11 is 0. The van der Waals surface area contributed by atoms with Crippen molar-refractivity contribution in [2.45, 2.75) is 19.8 Å². The number of fused-ring (bicyclic) bond motifs is 1. The smallest absolute Gasteiger partial charge is 0.408 e. The molecule has 90 valence electrons. The molecule has 0 amide bonds. The Morgan fingerprint density at radius 1 is 1.47 bits per heavy atom. The maximum Gasteiger partial charge on any atom is 0.417 e. The van der Waals surface area contributed by atoms with Gasteiger partial charge in [0.25, 0.3) is 0 Å². The fourth-order valence-corrected chi connectivity index (χ4v) is 1.63. The molecule has 17 heavy (non-hydrogen) atoms. The third kappa shape index (κ3) is 2.96. The molecule has 5 heteroatoms. The minimum atomic E-state index is -0.450. The van der Waals surface area contributed by atoms with E-state index in [0.29, 0.717) is 17.5 Å². The van der Waals surface area contributed by atoms with E-state index in [9.17, 15) is 9.59 Å². The van der Waals surface area contributed by atoms with E-state index in [1.165, 1.54) is 0 Å². The lowest BCUT2D eigenvalue weighted by atomic mass is 10.2. The lowest BCUT2D eigenvalue weighted by Gasteiger charge is -2.04. The lowest BCUT2D eigenvalue weighted by molar-refractivity contribution is -0.117. The third-order valence-electron chi connectivity index (χ3n) is 2.46. The van der Waals surface area contributed by atoms with Gasteiger partial charge in [0, 0.05) is 24.7 Å². The zero-order valence-corrected chi connectivity index (χ0v) is 9.58. The van der Waals surface area contributed by atoms with E-state index in [-0.39, 0.29) is 5.78 Å². The van der Waals surface area contributed by atoms with Crippen molar-refractivity contribution in [2.75, 3.05) is 11.9 Å². The number of ketones is 1. The topological polar surface area (TPSA) is 75.1 Å². The number of nitrogens with one attached hydrogen (secondary N) is 2. The molecular formula is C12H14N2O3. The molecule has 2 N–H and O–H groups in total. The molecule has 0 aliphatic rings. The van der Waals surface area contributed by atoms with Gasteiger partial charge in [-0.2, -0.15) is 0 Å². The number of aromatic amines is 1. The van der Waals surface area contributed by atoms with Gasteiger partial charge in [-0.1, -0.05) is 0 Å². The Labute approximate surface area is 97.8 Å². The molecule has 1 aromatic heterocycles. The van der Waals surface area contributed by atoms with Crippen molar-refractivity contribution in [1.82, 2.24) is 4.98 Å². The van der Waals surface area contributed by atoms with Crippen LogP contribution in [0.3, 0.4) is 0 Å². The Kier molecular flexibility index (Phi) is 3.27. The Morgan fingerprint density at radius 3 is 3.06 bits per heavy atom. The molecule has 0 spiro atoms. The molecule has 2 rings (SSSR count). The Balaban J connectivity index is 1.99. The SMILES string of the molecule is CC(=O)CCCNc1ccc2[nH]c(=O)oc2c1. The summed E-state index contributed by atoms with van der Waals surface area (Å²) in [6.45, 7) is 2.31. The Hall–Kier alpha value is -2.04. The second-order valence-electron chi connectivity index (χ2n) is 3.96. The van der Waals surface area contributed by atoms with Crippen molar-refractivity contribution in [2.24, 2.45) is 0 Å². The first-order valence-corrected chi connectivity index (χ1v) is 5.51. The van der Waals surface area contributed by atoms with Crippen molar-refractivity contribution < 1.29 is 9.21 Å². The maximum atomic E-state index is 11.0. The maximum absolute atomic E-state index is 11.0. The number of aromatic nitrogens is 1. The zero-order valence-electron chi connectivity index (χ0n) is 9.58. The third-order valence-corrected chi connectivity index (χ3v) is 2.46. The van der Waals surface area contributed by atoms with E-state index < -0.39 is 5.76 Å². The van der Waals surface area contributed by atoms with E-state index >= 15 is 0 Å². The minimum Gasteiger partial charge on any atom is -0.408 e. The summed E-state index contributed by atoms with van der Waals surface area (Å²) in [5, 5.41) is 3.17. The molecule has 1 heterocycles. The van der Waals surface area contributed by atoms with Gasteiger partial charge in [0.05, 0.1) is 5.52 Å². The summed E-state index contributed by atoms with van der Waals surface area (Å²) in [5.41, 5.74) is 2.10. The van der Waals surface area contributed by atoms with Crippen LogP contribution in [-0.2, 0) is 4.79 Å². The van der Waals surface area contributed by atoms with Crippen LogP contribution in [0.2, 0.25) is 0 Å². The Morgan fingerprint density at radius 2 is 2.29 bits per heavy atom. The number of H-pyrrole nitrogens is 1. The van der Waals surface area contributed by atoms with E-state index in [4.69, 9.17) is 4.42 Å². The largest absolute Gasteiger partial charge is 0.417 e. The molecule has 0 saturated heterocycles. The molecule has 0 radical (unpaired) electrons. The molecule has 0 fully saturated rings. The zero-order chi connectivity index (χ0) is 12.3. The first-order valence-electron chi connectivity index (χ1n) is 5.51. The van der Waals surface area contributed by atoms with Crippen molar-refractivity contribution in [3.8, 4) is 0 Å². The molecule has 2 aromatic rings. The van der Waals surface area contributed by atoms with E-state index in [2.05, 4.69) is 10.3 Å². The van der Waals surface area contributed by atoms with Gasteiger partial charge >= 0.3 is 5.76 Å². The molecule has 0 atom stereocenters. The first kappa shape index (κ1) is 11.4. The van der Waals surface area contributed by atoms with Gasteiger partial charge in [-0.15, -0.1) is 0 Å². The highest BCUT2D eigenvalue weighted by Gasteiger charge is 2.01. The van der Waals surface area contributed by atoms with Crippen LogP contribution in [-0.4, -0.2) is 17.3 Å². The van der Waals surface area contributed by atoms with Crippen molar-refractivity contribution in [3.05, 3.63) is 28.7 Å². The highest BCUT2D eigenvalue weighted by molar-refractivity contribution is 5.77. The first-order chi connectivity index (χ1) is 8.15. The van der Waals surface area contributed by atoms with Gasteiger partial charge in [0.1, 0.15) is 5.78 Å². The van der Waals surface area contributed by atoms with Gasteiger partial charge in [-0.25, -0.2) is 4.79 Å². The summed E-state index contributed by atoms with van der Waals surface area (Å²) in [6.07, 6.45) is 1.37. The summed E-state index contributed by atoms with van der Waals surface area (Å²) < 4.78 is 4.95. The number of rotatable bonds is 5. The number of Topliss-reactive ketones (excluding diaryl/α,β-unsaturated/α-hetero) is 1. The highest BCUT2D eigenvalue weighted by Crippen LogP contribution is 2.16. The van der Waals surface area contributed by atoms with Crippen molar-refractivity contribution in [1.29, 1.82) is 0 Å². The standard InChI is InChI=1S/C12H14N2O3/c1-8(15)3-2-6-13-9-4-5-10-11(7-9)17-12(16)14-10/h4-5,7,13H,2-3,6H2,1H3,(H,14,16). The number of hydrogen-bond acceptors (Lipinski definition) is 4. The van der Waals surface area contributed by atoms with E-state index in [0.717, 1.165) is 18.7 Å². The van der Waals surface area contributed by atoms with Gasteiger partial charge < -0.3 is 14.5 Å². The number of oxazole rings is 1. The van der Waals surface area contributed by atoms with Crippen LogP contribution in [0, 0.1) is 0 Å². The summed E-state index contributed by atoms with van der Waals surface area (Å²) in [5.74, 6) is -0.257. The van der Waals surface area contributed by atoms with Gasteiger partial charge in [-0.3, -0.25) is 4.98 Å². The summed E-state index contributed by atoms with van der Waals surface area (Å²) in [7, 11) is 0.